The number of halogens is 2. The van der Waals surface area contributed by atoms with Gasteiger partial charge < -0.3 is 15.4 Å². The molecule has 0 aliphatic carbocycles. The average Bonchev–Trinajstić information content (AvgIpc) is 2.97. The summed E-state index contributed by atoms with van der Waals surface area (Å²) in [5.74, 6) is 0.362. The molecule has 0 aliphatic rings. The Labute approximate surface area is 173 Å². The Kier molecular flexibility index (Phi) is 8.94. The van der Waals surface area contributed by atoms with Crippen molar-refractivity contribution in [3.8, 4) is 5.75 Å². The topological polar surface area (TPSA) is 47.2 Å². The zero-order chi connectivity index (χ0) is 19.3. The third-order valence-electron chi connectivity index (χ3n) is 3.67. The van der Waals surface area contributed by atoms with Crippen LogP contribution in [0.15, 0.2) is 23.7 Å². The molecule has 0 bridgehead atoms. The molecule has 1 aromatic carbocycles. The van der Waals surface area contributed by atoms with Crippen molar-refractivity contribution in [2.24, 2.45) is 0 Å². The molecule has 2 aromatic rings. The van der Waals surface area contributed by atoms with E-state index in [2.05, 4.69) is 64.0 Å². The normalized spacial score (nSPS) is 11.5. The third-order valence-corrected chi connectivity index (χ3v) is 4.37. The second-order valence-corrected chi connectivity index (χ2v) is 12.3. The summed E-state index contributed by atoms with van der Waals surface area (Å²) in [5.41, 5.74) is 2.99. The molecule has 2 rings (SSSR count). The van der Waals surface area contributed by atoms with Crippen molar-refractivity contribution in [2.45, 2.75) is 58.9 Å². The number of phenols is 1. The molecule has 0 aliphatic heterocycles. The summed E-state index contributed by atoms with van der Waals surface area (Å²) in [7, 11) is 9.87. The number of hydrogen-bond donors (Lipinski definition) is 1. The molecule has 0 saturated heterocycles. The van der Waals surface area contributed by atoms with Crippen LogP contribution in [0.25, 0.3) is 5.32 Å². The van der Waals surface area contributed by atoms with Crippen molar-refractivity contribution < 1.29 is 26.0 Å². The van der Waals surface area contributed by atoms with E-state index in [0.717, 1.165) is 16.3 Å². The first-order chi connectivity index (χ1) is 11.5. The van der Waals surface area contributed by atoms with E-state index in [1.165, 1.54) is 16.9 Å². The Morgan fingerprint density at radius 1 is 1.12 bits per heavy atom. The van der Waals surface area contributed by atoms with Crippen LogP contribution in [-0.4, -0.2) is 10.1 Å². The Balaban J connectivity index is 0.000000970. The van der Waals surface area contributed by atoms with Crippen LogP contribution in [0.4, 0.5) is 5.13 Å². The Hall–Kier alpha value is -0.0869. The molecule has 0 unspecified atom stereocenters. The molecule has 1 N–H and O–H groups in total. The number of benzene rings is 1. The molecule has 0 saturated carbocycles. The monoisotopic (exact) mass is 477 g/mol. The van der Waals surface area contributed by atoms with Crippen LogP contribution in [-0.2, 0) is 38.2 Å². The Morgan fingerprint density at radius 2 is 1.72 bits per heavy atom. The van der Waals surface area contributed by atoms with Crippen LogP contribution in [0.5, 0.6) is 5.75 Å². The molecule has 1 heterocycles. The van der Waals surface area contributed by atoms with Crippen molar-refractivity contribution in [3.63, 3.8) is 0 Å². The van der Waals surface area contributed by atoms with Crippen molar-refractivity contribution in [1.82, 2.24) is 4.98 Å². The Morgan fingerprint density at radius 3 is 2.16 bits per heavy atom. The van der Waals surface area contributed by atoms with E-state index in [9.17, 15) is 5.11 Å². The van der Waals surface area contributed by atoms with Crippen LogP contribution in [0.2, 0.25) is 0 Å². The zero-order valence-corrected chi connectivity index (χ0v) is 20.3. The first-order valence-electron chi connectivity index (χ1n) is 7.90. The zero-order valence-electron chi connectivity index (χ0n) is 15.5. The van der Waals surface area contributed by atoms with Crippen molar-refractivity contribution in [3.05, 3.63) is 45.7 Å². The first-order valence-corrected chi connectivity index (χ1v) is 15.1. The van der Waals surface area contributed by atoms with Gasteiger partial charge in [-0.05, 0) is 44.6 Å². The van der Waals surface area contributed by atoms with Gasteiger partial charge >= 0.3 is 37.9 Å². The summed E-state index contributed by atoms with van der Waals surface area (Å²) in [5, 5.41) is 17.8. The maximum atomic E-state index is 10.7. The Bertz CT molecular complexity index is 665. The van der Waals surface area contributed by atoms with E-state index in [0.29, 0.717) is 12.3 Å². The van der Waals surface area contributed by atoms with Crippen molar-refractivity contribution in [1.29, 1.82) is 0 Å². The van der Waals surface area contributed by atoms with E-state index in [1.807, 2.05) is 5.38 Å². The predicted octanol–water partition coefficient (Wildman–Crippen LogP) is 7.03. The summed E-state index contributed by atoms with van der Waals surface area (Å²) < 4.78 is 0. The molecule has 138 valence electrons. The molecular formula is C18H25Cl2N2OSZr-. The summed E-state index contributed by atoms with van der Waals surface area (Å²) in [6, 6.07) is 4.20. The minimum absolute atomic E-state index is 0.0314. The van der Waals surface area contributed by atoms with Gasteiger partial charge in [-0.1, -0.05) is 59.9 Å². The molecule has 0 spiro atoms. The van der Waals surface area contributed by atoms with E-state index in [1.54, 1.807) is 6.20 Å². The van der Waals surface area contributed by atoms with Crippen LogP contribution >= 0.6 is 28.4 Å². The van der Waals surface area contributed by atoms with Gasteiger partial charge in [-0.2, -0.15) is 11.3 Å². The molecule has 3 nitrogen and oxygen atoms in total. The second-order valence-electron chi connectivity index (χ2n) is 7.73. The second kappa shape index (κ2) is 9.73. The molecule has 0 atom stereocenters. The number of nitrogens with zero attached hydrogens (tertiary/aromatic N) is 2. The summed E-state index contributed by atoms with van der Waals surface area (Å²) in [6.45, 7) is 13.4. The molecule has 0 radical (unpaired) electrons. The van der Waals surface area contributed by atoms with Gasteiger partial charge in [-0.3, -0.25) is 0 Å². The number of hydrogen-bond acceptors (Lipinski definition) is 3. The fourth-order valence-electron chi connectivity index (χ4n) is 2.27. The fraction of sp³-hybridized carbons (Fsp3) is 0.500. The maximum absolute atomic E-state index is 10.7. The molecule has 25 heavy (non-hydrogen) atoms. The molecule has 1 aromatic heterocycles. The number of rotatable bonds is 3. The van der Waals surface area contributed by atoms with E-state index < -0.39 is 20.8 Å². The third kappa shape index (κ3) is 7.21. The first kappa shape index (κ1) is 23.0. The van der Waals surface area contributed by atoms with Crippen molar-refractivity contribution >= 4 is 33.5 Å². The average molecular weight is 480 g/mol. The van der Waals surface area contributed by atoms with Crippen LogP contribution in [0.3, 0.4) is 0 Å². The minimum atomic E-state index is -0.826. The number of phenolic OH excluding ortho intramolecular Hbond substituents is 1. The van der Waals surface area contributed by atoms with Gasteiger partial charge in [0.05, 0.1) is 0 Å². The van der Waals surface area contributed by atoms with Gasteiger partial charge in [-0.25, -0.2) is 0 Å². The molecule has 0 fully saturated rings. The van der Waals surface area contributed by atoms with Crippen molar-refractivity contribution in [2.75, 3.05) is 0 Å². The van der Waals surface area contributed by atoms with Gasteiger partial charge in [0.15, 0.2) is 0 Å². The van der Waals surface area contributed by atoms with Crippen LogP contribution < -0.4 is 0 Å². The van der Waals surface area contributed by atoms with Gasteiger partial charge in [0.1, 0.15) is 5.75 Å². The summed E-state index contributed by atoms with van der Waals surface area (Å²) in [6.07, 6.45) is 1.75. The molecule has 7 heteroatoms. The standard InChI is InChI=1S/C18H25N2OS.2ClH.Zr/c1-17(2,3)13-9-12(11-20-16-19-7-8-22-16)15(21)14(10-13)18(4,5)6;;;/h7-10H,11H2,1-6H3,(H-,19,20,21);2*1H;/q-1;;;+2/p-2. The summed E-state index contributed by atoms with van der Waals surface area (Å²) >= 11 is 0.683. The van der Waals surface area contributed by atoms with Gasteiger partial charge in [0.25, 0.3) is 0 Å². The fourth-order valence-corrected chi connectivity index (χ4v) is 2.77. The number of aromatic nitrogens is 1. The quantitative estimate of drug-likeness (QED) is 0.514. The molecular weight excluding hydrogens is 454 g/mol. The van der Waals surface area contributed by atoms with E-state index >= 15 is 0 Å². The van der Waals surface area contributed by atoms with Gasteiger partial charge in [-0.15, -0.1) is 0 Å². The van der Waals surface area contributed by atoms with E-state index in [4.69, 9.17) is 17.0 Å². The number of aromatic hydroxyl groups is 1. The van der Waals surface area contributed by atoms with Gasteiger partial charge in [0.2, 0.25) is 0 Å². The van der Waals surface area contributed by atoms with Crippen LogP contribution in [0, 0.1) is 0 Å². The SMILES string of the molecule is CC(C)(C)c1cc(C[N-]c2nccs2)c(O)c(C(C)(C)C)c1.[Cl][Zr][Cl]. The number of thiazole rings is 1. The predicted molar refractivity (Wildman–Crippen MR) is 106 cm³/mol. The summed E-state index contributed by atoms with van der Waals surface area (Å²) in [4.78, 5) is 4.17. The van der Waals surface area contributed by atoms with Gasteiger partial charge in [0, 0.05) is 0 Å². The molecule has 0 amide bonds. The van der Waals surface area contributed by atoms with Crippen LogP contribution in [0.1, 0.15) is 58.2 Å². The van der Waals surface area contributed by atoms with E-state index in [-0.39, 0.29) is 10.8 Å².